The zero-order valence-electron chi connectivity index (χ0n) is 23.4. The minimum atomic E-state index is -0.812. The summed E-state index contributed by atoms with van der Waals surface area (Å²) in [7, 11) is 7.26. The van der Waals surface area contributed by atoms with Gasteiger partial charge in [0, 0.05) is 70.2 Å². The molecule has 0 unspecified atom stereocenters. The number of nitrogens with one attached hydrogen (secondary N) is 2. The number of ketones is 1. The number of amides is 1. The van der Waals surface area contributed by atoms with Crippen molar-refractivity contribution in [3.05, 3.63) is 58.1 Å². The van der Waals surface area contributed by atoms with E-state index in [-0.39, 0.29) is 35.9 Å². The molecule has 9 heteroatoms. The van der Waals surface area contributed by atoms with Gasteiger partial charge in [0.15, 0.2) is 5.78 Å². The number of rotatable bonds is 10. The predicted molar refractivity (Wildman–Crippen MR) is 151 cm³/mol. The van der Waals surface area contributed by atoms with Crippen LogP contribution in [0.15, 0.2) is 30.3 Å². The second kappa shape index (κ2) is 11.2. The minimum Gasteiger partial charge on any atom is -0.481 e. The molecule has 0 spiro atoms. The van der Waals surface area contributed by atoms with Crippen molar-refractivity contribution < 1.29 is 19.5 Å². The summed E-state index contributed by atoms with van der Waals surface area (Å²) in [5, 5.41) is 20.3. The van der Waals surface area contributed by atoms with E-state index in [0.29, 0.717) is 36.2 Å². The van der Waals surface area contributed by atoms with Gasteiger partial charge < -0.3 is 25.1 Å². The fourth-order valence-corrected chi connectivity index (χ4v) is 4.75. The van der Waals surface area contributed by atoms with Crippen LogP contribution in [0.2, 0.25) is 0 Å². The summed E-state index contributed by atoms with van der Waals surface area (Å²) >= 11 is 0. The second-order valence-electron chi connectivity index (χ2n) is 11.0. The molecule has 0 aliphatic carbocycles. The van der Waals surface area contributed by atoms with E-state index in [2.05, 4.69) is 26.1 Å². The number of nitrogens with zero attached hydrogens (tertiary/aromatic N) is 3. The predicted octanol–water partition coefficient (Wildman–Crippen LogP) is 3.73. The highest BCUT2D eigenvalue weighted by atomic mass is 16.4. The molecule has 0 radical (unpaired) electrons. The van der Waals surface area contributed by atoms with Crippen molar-refractivity contribution in [2.75, 3.05) is 51.1 Å². The first-order chi connectivity index (χ1) is 17.7. The lowest BCUT2D eigenvalue weighted by molar-refractivity contribution is -0.137. The molecule has 0 bridgehead atoms. The third kappa shape index (κ3) is 6.15. The average Bonchev–Trinajstić information content (AvgIpc) is 3.15. The van der Waals surface area contributed by atoms with Crippen molar-refractivity contribution in [3.63, 3.8) is 0 Å². The maximum Gasteiger partial charge on any atom is 0.303 e. The molecule has 1 amide bonds. The number of carbonyl (C=O) groups is 3. The number of carboxylic acids is 1. The van der Waals surface area contributed by atoms with E-state index in [1.165, 1.54) is 0 Å². The topological polar surface area (TPSA) is 117 Å². The van der Waals surface area contributed by atoms with E-state index in [1.54, 1.807) is 24.1 Å². The highest BCUT2D eigenvalue weighted by Crippen LogP contribution is 2.34. The Hall–Kier alpha value is -3.88. The Morgan fingerprint density at radius 1 is 1.08 bits per heavy atom. The molecule has 3 rings (SSSR count). The molecule has 3 N–H and O–H groups in total. The summed E-state index contributed by atoms with van der Waals surface area (Å²) < 4.78 is 0. The zero-order valence-corrected chi connectivity index (χ0v) is 23.4. The van der Waals surface area contributed by atoms with Gasteiger partial charge >= 0.3 is 5.97 Å². The van der Waals surface area contributed by atoms with E-state index in [9.17, 15) is 14.4 Å². The number of carboxylic acid groups (broad SMARTS) is 1. The van der Waals surface area contributed by atoms with Gasteiger partial charge in [0.25, 0.3) is 5.91 Å². The Kier molecular flexibility index (Phi) is 8.49. The Balaban J connectivity index is 1.84. The molecule has 38 heavy (non-hydrogen) atoms. The molecule has 204 valence electrons. The van der Waals surface area contributed by atoms with Crippen LogP contribution in [0.25, 0.3) is 0 Å². The van der Waals surface area contributed by atoms with Crippen LogP contribution in [-0.4, -0.2) is 74.8 Å². The smallest absolute Gasteiger partial charge is 0.303 e. The number of benzene rings is 2. The standard InChI is InChI=1S/C29H39N5O4/c1-29(2,3)22-13-18(10-11-23(22)33(7)12-8-9-26(36)37)25(35)17-34-16-19-14-24(32(5)6)21(28(38)31-4)15-20(19)27(34)30/h10-11,13-15,30H,8-9,12,16-17H2,1-7H3,(H,31,38)(H,36,37). The maximum absolute atomic E-state index is 13.4. The molecule has 0 saturated carbocycles. The third-order valence-electron chi connectivity index (χ3n) is 6.86. The number of hydrogen-bond donors (Lipinski definition) is 3. The van der Waals surface area contributed by atoms with Crippen molar-refractivity contribution >= 4 is 34.9 Å². The molecule has 2 aromatic carbocycles. The fourth-order valence-electron chi connectivity index (χ4n) is 4.75. The first kappa shape index (κ1) is 28.7. The van der Waals surface area contributed by atoms with Gasteiger partial charge in [-0.25, -0.2) is 0 Å². The van der Waals surface area contributed by atoms with Crippen LogP contribution in [0.4, 0.5) is 11.4 Å². The van der Waals surface area contributed by atoms with Crippen LogP contribution in [0, 0.1) is 5.41 Å². The molecular weight excluding hydrogens is 482 g/mol. The van der Waals surface area contributed by atoms with Gasteiger partial charge in [0.2, 0.25) is 0 Å². The van der Waals surface area contributed by atoms with Crippen molar-refractivity contribution in [3.8, 4) is 0 Å². The Bertz CT molecular complexity index is 1260. The molecule has 0 atom stereocenters. The SMILES string of the molecule is CNC(=O)c1cc2c(cc1N(C)C)CN(CC(=O)c1ccc(N(C)CCCC(=O)O)c(C(C)(C)C)c1)C2=N. The van der Waals surface area contributed by atoms with Gasteiger partial charge in [-0.3, -0.25) is 19.8 Å². The average molecular weight is 522 g/mol. The first-order valence-electron chi connectivity index (χ1n) is 12.8. The van der Waals surface area contributed by atoms with E-state index in [4.69, 9.17) is 10.5 Å². The summed E-state index contributed by atoms with van der Waals surface area (Å²) in [6.07, 6.45) is 0.640. The zero-order chi connectivity index (χ0) is 28.4. The molecule has 0 aromatic heterocycles. The monoisotopic (exact) mass is 521 g/mol. The molecule has 9 nitrogen and oxygen atoms in total. The van der Waals surface area contributed by atoms with E-state index < -0.39 is 5.97 Å². The van der Waals surface area contributed by atoms with Gasteiger partial charge in [-0.2, -0.15) is 0 Å². The maximum atomic E-state index is 13.4. The number of anilines is 2. The lowest BCUT2D eigenvalue weighted by Gasteiger charge is -2.29. The van der Waals surface area contributed by atoms with Crippen molar-refractivity contribution in [2.24, 2.45) is 0 Å². The number of Topliss-reactive ketones (excluding diaryl/α,β-unsaturated/α-hetero) is 1. The second-order valence-corrected chi connectivity index (χ2v) is 11.0. The molecule has 0 fully saturated rings. The van der Waals surface area contributed by atoms with E-state index in [0.717, 1.165) is 22.5 Å². The number of fused-ring (bicyclic) bond motifs is 1. The van der Waals surface area contributed by atoms with E-state index in [1.807, 2.05) is 49.1 Å². The molecule has 2 aromatic rings. The number of carbonyl (C=O) groups excluding carboxylic acids is 2. The van der Waals surface area contributed by atoms with Crippen LogP contribution in [0.1, 0.15) is 71.0 Å². The van der Waals surface area contributed by atoms with Crippen LogP contribution < -0.4 is 15.1 Å². The van der Waals surface area contributed by atoms with Gasteiger partial charge in [-0.05, 0) is 53.3 Å². The van der Waals surface area contributed by atoms with Crippen LogP contribution in [0.5, 0.6) is 0 Å². The largest absolute Gasteiger partial charge is 0.481 e. The first-order valence-corrected chi connectivity index (χ1v) is 12.8. The van der Waals surface area contributed by atoms with Crippen molar-refractivity contribution in [1.82, 2.24) is 10.2 Å². The molecule has 1 heterocycles. The highest BCUT2D eigenvalue weighted by Gasteiger charge is 2.30. The van der Waals surface area contributed by atoms with Crippen molar-refractivity contribution in [1.29, 1.82) is 5.41 Å². The number of aliphatic carboxylic acids is 1. The molecule has 0 saturated heterocycles. The van der Waals surface area contributed by atoms with Gasteiger partial charge in [0.05, 0.1) is 12.1 Å². The van der Waals surface area contributed by atoms with Crippen molar-refractivity contribution in [2.45, 2.75) is 45.6 Å². The van der Waals surface area contributed by atoms with E-state index >= 15 is 0 Å². The minimum absolute atomic E-state index is 0.0531. The highest BCUT2D eigenvalue weighted by molar-refractivity contribution is 6.08. The summed E-state index contributed by atoms with van der Waals surface area (Å²) in [4.78, 5) is 42.4. The van der Waals surface area contributed by atoms with Gasteiger partial charge in [0.1, 0.15) is 5.84 Å². The fraction of sp³-hybridized carbons (Fsp3) is 0.448. The van der Waals surface area contributed by atoms with Crippen LogP contribution in [0.3, 0.4) is 0 Å². The van der Waals surface area contributed by atoms with Gasteiger partial charge in [-0.1, -0.05) is 20.8 Å². The molecular formula is C29H39N5O4. The summed E-state index contributed by atoms with van der Waals surface area (Å²) in [5.74, 6) is -0.892. The normalized spacial score (nSPS) is 12.8. The Morgan fingerprint density at radius 2 is 1.76 bits per heavy atom. The lowest BCUT2D eigenvalue weighted by Crippen LogP contribution is -2.31. The lowest BCUT2D eigenvalue weighted by atomic mass is 9.84. The van der Waals surface area contributed by atoms with Crippen LogP contribution in [-0.2, 0) is 16.8 Å². The third-order valence-corrected chi connectivity index (χ3v) is 6.86. The van der Waals surface area contributed by atoms with Crippen LogP contribution >= 0.6 is 0 Å². The summed E-state index contributed by atoms with van der Waals surface area (Å²) in [6.45, 7) is 7.33. The Labute approximate surface area is 224 Å². The number of amidine groups is 1. The van der Waals surface area contributed by atoms with Gasteiger partial charge in [-0.15, -0.1) is 0 Å². The quantitative estimate of drug-likeness (QED) is 0.408. The molecule has 1 aliphatic rings. The number of hydrogen-bond acceptors (Lipinski definition) is 6. The summed E-state index contributed by atoms with van der Waals surface area (Å²) in [6, 6.07) is 9.32. The molecule has 1 aliphatic heterocycles. The summed E-state index contributed by atoms with van der Waals surface area (Å²) in [5.41, 5.74) is 5.15. The Morgan fingerprint density at radius 3 is 2.34 bits per heavy atom.